The summed E-state index contributed by atoms with van der Waals surface area (Å²) in [5.41, 5.74) is 4.40. The Morgan fingerprint density at radius 3 is 2.11 bits per heavy atom. The Hall–Kier alpha value is -2.41. The van der Waals surface area contributed by atoms with E-state index in [0.717, 1.165) is 22.6 Å². The van der Waals surface area contributed by atoms with Crippen LogP contribution in [-0.4, -0.2) is 6.29 Å². The molecule has 0 saturated heterocycles. The van der Waals surface area contributed by atoms with Gasteiger partial charge in [0.25, 0.3) is 0 Å². The van der Waals surface area contributed by atoms with Crippen molar-refractivity contribution in [3.05, 3.63) is 71.8 Å². The van der Waals surface area contributed by atoms with Crippen LogP contribution in [0.4, 0.5) is 0 Å². The number of carbonyl (C=O) groups excluding carboxylic acids is 1. The van der Waals surface area contributed by atoms with Crippen LogP contribution in [0.2, 0.25) is 0 Å². The molecular formula is C18H14O. The quantitative estimate of drug-likeness (QED) is 0.602. The Bertz CT molecular complexity index is 739. The van der Waals surface area contributed by atoms with E-state index in [2.05, 4.69) is 49.4 Å². The maximum absolute atomic E-state index is 10.8. The average molecular weight is 246 g/mol. The highest BCUT2D eigenvalue weighted by Crippen LogP contribution is 2.25. The lowest BCUT2D eigenvalue weighted by atomic mass is 9.99. The SMILES string of the molecule is Cc1ccc(-c2ccc3cc(C=O)ccc3c2)cc1. The predicted octanol–water partition coefficient (Wildman–Crippen LogP) is 4.63. The highest BCUT2D eigenvalue weighted by molar-refractivity contribution is 5.91. The number of carbonyl (C=O) groups is 1. The molecule has 0 aliphatic rings. The van der Waals surface area contributed by atoms with E-state index in [9.17, 15) is 4.79 Å². The lowest BCUT2D eigenvalue weighted by Gasteiger charge is -2.05. The number of aryl methyl sites for hydroxylation is 1. The van der Waals surface area contributed by atoms with E-state index in [1.54, 1.807) is 0 Å². The van der Waals surface area contributed by atoms with Crippen molar-refractivity contribution in [1.29, 1.82) is 0 Å². The van der Waals surface area contributed by atoms with Crippen LogP contribution in [0.25, 0.3) is 21.9 Å². The molecule has 0 aliphatic heterocycles. The summed E-state index contributed by atoms with van der Waals surface area (Å²) < 4.78 is 0. The fraction of sp³-hybridized carbons (Fsp3) is 0.0556. The van der Waals surface area contributed by atoms with E-state index in [-0.39, 0.29) is 0 Å². The molecule has 0 aliphatic carbocycles. The summed E-state index contributed by atoms with van der Waals surface area (Å²) in [7, 11) is 0. The number of aldehydes is 1. The third kappa shape index (κ3) is 2.27. The van der Waals surface area contributed by atoms with E-state index in [0.29, 0.717) is 0 Å². The van der Waals surface area contributed by atoms with Crippen LogP contribution in [0.5, 0.6) is 0 Å². The molecule has 0 radical (unpaired) electrons. The van der Waals surface area contributed by atoms with Crippen LogP contribution < -0.4 is 0 Å². The van der Waals surface area contributed by atoms with Crippen molar-refractivity contribution in [2.45, 2.75) is 6.92 Å². The number of benzene rings is 3. The van der Waals surface area contributed by atoms with Crippen LogP contribution >= 0.6 is 0 Å². The smallest absolute Gasteiger partial charge is 0.150 e. The summed E-state index contributed by atoms with van der Waals surface area (Å²) >= 11 is 0. The molecule has 0 aromatic heterocycles. The van der Waals surface area contributed by atoms with Gasteiger partial charge in [0.2, 0.25) is 0 Å². The first kappa shape index (κ1) is 11.7. The molecule has 0 bridgehead atoms. The van der Waals surface area contributed by atoms with E-state index in [1.165, 1.54) is 16.7 Å². The molecule has 19 heavy (non-hydrogen) atoms. The standard InChI is InChI=1S/C18H14O/c1-13-2-5-15(6-3-13)17-9-8-16-10-14(12-19)4-7-18(16)11-17/h2-12H,1H3. The lowest BCUT2D eigenvalue weighted by molar-refractivity contribution is 0.112. The van der Waals surface area contributed by atoms with Crippen molar-refractivity contribution in [2.24, 2.45) is 0 Å². The minimum Gasteiger partial charge on any atom is -0.298 e. The monoisotopic (exact) mass is 246 g/mol. The lowest BCUT2D eigenvalue weighted by Crippen LogP contribution is -1.82. The first-order valence-corrected chi connectivity index (χ1v) is 6.32. The second-order valence-electron chi connectivity index (χ2n) is 4.81. The summed E-state index contributed by atoms with van der Waals surface area (Å²) in [5, 5.41) is 2.25. The first-order valence-electron chi connectivity index (χ1n) is 6.32. The maximum Gasteiger partial charge on any atom is 0.150 e. The van der Waals surface area contributed by atoms with Crippen molar-refractivity contribution in [3.8, 4) is 11.1 Å². The molecule has 3 aromatic carbocycles. The van der Waals surface area contributed by atoms with Gasteiger partial charge in [-0.05, 0) is 41.0 Å². The van der Waals surface area contributed by atoms with E-state index >= 15 is 0 Å². The Kier molecular flexibility index (Phi) is 2.88. The van der Waals surface area contributed by atoms with E-state index in [4.69, 9.17) is 0 Å². The van der Waals surface area contributed by atoms with Gasteiger partial charge in [-0.25, -0.2) is 0 Å². The maximum atomic E-state index is 10.8. The second kappa shape index (κ2) is 4.69. The minimum atomic E-state index is 0.718. The molecule has 92 valence electrons. The zero-order valence-electron chi connectivity index (χ0n) is 10.8. The molecule has 3 rings (SSSR count). The van der Waals surface area contributed by atoms with Gasteiger partial charge in [0, 0.05) is 5.56 Å². The van der Waals surface area contributed by atoms with Crippen LogP contribution in [0.3, 0.4) is 0 Å². The molecule has 1 nitrogen and oxygen atoms in total. The molecular weight excluding hydrogens is 232 g/mol. The van der Waals surface area contributed by atoms with Crippen molar-refractivity contribution in [2.75, 3.05) is 0 Å². The number of hydrogen-bond acceptors (Lipinski definition) is 1. The minimum absolute atomic E-state index is 0.718. The van der Waals surface area contributed by atoms with E-state index in [1.807, 2.05) is 18.2 Å². The van der Waals surface area contributed by atoms with Gasteiger partial charge in [0.15, 0.2) is 0 Å². The van der Waals surface area contributed by atoms with Gasteiger partial charge in [-0.1, -0.05) is 54.1 Å². The third-order valence-electron chi connectivity index (χ3n) is 3.39. The largest absolute Gasteiger partial charge is 0.298 e. The van der Waals surface area contributed by atoms with Gasteiger partial charge in [-0.2, -0.15) is 0 Å². The molecule has 0 fully saturated rings. The number of fused-ring (bicyclic) bond motifs is 1. The highest BCUT2D eigenvalue weighted by Gasteiger charge is 2.00. The number of rotatable bonds is 2. The van der Waals surface area contributed by atoms with Gasteiger partial charge in [0.05, 0.1) is 0 Å². The molecule has 0 N–H and O–H groups in total. The Labute approximate surface area is 112 Å². The Balaban J connectivity index is 2.11. The molecule has 0 heterocycles. The summed E-state index contributed by atoms with van der Waals surface area (Å²) in [6.45, 7) is 2.09. The first-order chi connectivity index (χ1) is 9.26. The fourth-order valence-corrected chi connectivity index (χ4v) is 2.26. The van der Waals surface area contributed by atoms with Gasteiger partial charge in [0.1, 0.15) is 6.29 Å². The normalized spacial score (nSPS) is 10.6. The predicted molar refractivity (Wildman–Crippen MR) is 79.5 cm³/mol. The third-order valence-corrected chi connectivity index (χ3v) is 3.39. The molecule has 0 amide bonds. The molecule has 0 atom stereocenters. The van der Waals surface area contributed by atoms with Gasteiger partial charge >= 0.3 is 0 Å². The van der Waals surface area contributed by atoms with Crippen molar-refractivity contribution in [1.82, 2.24) is 0 Å². The van der Waals surface area contributed by atoms with Crippen LogP contribution in [0, 0.1) is 6.92 Å². The fourth-order valence-electron chi connectivity index (χ4n) is 2.26. The average Bonchev–Trinajstić information content (AvgIpc) is 2.47. The summed E-state index contributed by atoms with van der Waals surface area (Å²) in [4.78, 5) is 10.8. The zero-order chi connectivity index (χ0) is 13.2. The summed E-state index contributed by atoms with van der Waals surface area (Å²) in [6.07, 6.45) is 0.882. The Morgan fingerprint density at radius 2 is 1.37 bits per heavy atom. The van der Waals surface area contributed by atoms with Crippen LogP contribution in [0.15, 0.2) is 60.7 Å². The second-order valence-corrected chi connectivity index (χ2v) is 4.81. The van der Waals surface area contributed by atoms with Gasteiger partial charge in [-0.3, -0.25) is 4.79 Å². The van der Waals surface area contributed by atoms with Crippen molar-refractivity contribution in [3.63, 3.8) is 0 Å². The zero-order valence-corrected chi connectivity index (χ0v) is 10.8. The van der Waals surface area contributed by atoms with Crippen LogP contribution in [0.1, 0.15) is 15.9 Å². The molecule has 1 heteroatoms. The molecule has 3 aromatic rings. The molecule has 0 spiro atoms. The highest BCUT2D eigenvalue weighted by atomic mass is 16.1. The molecule has 0 saturated carbocycles. The van der Waals surface area contributed by atoms with Crippen LogP contribution in [-0.2, 0) is 0 Å². The summed E-state index contributed by atoms with van der Waals surface area (Å²) in [6, 6.07) is 20.6. The number of hydrogen-bond donors (Lipinski definition) is 0. The van der Waals surface area contributed by atoms with Gasteiger partial charge < -0.3 is 0 Å². The Morgan fingerprint density at radius 1 is 0.737 bits per heavy atom. The molecule has 0 unspecified atom stereocenters. The summed E-state index contributed by atoms with van der Waals surface area (Å²) in [5.74, 6) is 0. The van der Waals surface area contributed by atoms with Crippen molar-refractivity contribution >= 4 is 17.1 Å². The topological polar surface area (TPSA) is 17.1 Å². The van der Waals surface area contributed by atoms with E-state index < -0.39 is 0 Å². The van der Waals surface area contributed by atoms with Crippen molar-refractivity contribution < 1.29 is 4.79 Å². The van der Waals surface area contributed by atoms with Gasteiger partial charge in [-0.15, -0.1) is 0 Å².